The summed E-state index contributed by atoms with van der Waals surface area (Å²) in [6.07, 6.45) is 4.69. The average molecular weight is 485 g/mol. The summed E-state index contributed by atoms with van der Waals surface area (Å²) in [6.45, 7) is 2.44. The topological polar surface area (TPSA) is 70.1 Å². The molecule has 186 valence electrons. The molecule has 0 atom stereocenters. The van der Waals surface area contributed by atoms with Gasteiger partial charge in [0.15, 0.2) is 0 Å². The van der Waals surface area contributed by atoms with Gasteiger partial charge in [-0.25, -0.2) is 0 Å². The van der Waals surface area contributed by atoms with Gasteiger partial charge >= 0.3 is 5.97 Å². The van der Waals surface area contributed by atoms with Crippen molar-refractivity contribution >= 4 is 23.6 Å². The van der Waals surface area contributed by atoms with Crippen LogP contribution in [0.25, 0.3) is 6.08 Å². The predicted octanol–water partition coefficient (Wildman–Crippen LogP) is 5.24. The summed E-state index contributed by atoms with van der Waals surface area (Å²) >= 11 is 0. The van der Waals surface area contributed by atoms with E-state index in [9.17, 15) is 14.7 Å². The van der Waals surface area contributed by atoms with Crippen molar-refractivity contribution in [2.75, 3.05) is 25.0 Å². The van der Waals surface area contributed by atoms with E-state index in [0.29, 0.717) is 26.0 Å². The number of nitrogens with zero attached hydrogens (tertiary/aromatic N) is 2. The maximum absolute atomic E-state index is 12.7. The summed E-state index contributed by atoms with van der Waals surface area (Å²) in [6, 6.07) is 25.8. The van der Waals surface area contributed by atoms with Gasteiger partial charge in [0.2, 0.25) is 5.91 Å². The number of likely N-dealkylation sites (N-methyl/N-ethyl adjacent to an activating group) is 1. The van der Waals surface area contributed by atoms with Crippen molar-refractivity contribution in [1.82, 2.24) is 4.90 Å². The van der Waals surface area contributed by atoms with E-state index in [0.717, 1.165) is 41.2 Å². The molecule has 0 radical (unpaired) electrons. The summed E-state index contributed by atoms with van der Waals surface area (Å²) in [5, 5.41) is 9.22. The minimum absolute atomic E-state index is 0.0849. The molecule has 0 spiro atoms. The number of piperidine rings is 1. The van der Waals surface area contributed by atoms with Crippen molar-refractivity contribution in [3.8, 4) is 5.75 Å². The first kappa shape index (κ1) is 25.0. The highest BCUT2D eigenvalue weighted by Gasteiger charge is 2.24. The fraction of sp³-hybridized carbons (Fsp3) is 0.267. The lowest BCUT2D eigenvalue weighted by Gasteiger charge is -2.32. The van der Waals surface area contributed by atoms with Crippen molar-refractivity contribution in [3.63, 3.8) is 0 Å². The molecule has 4 rings (SSSR count). The van der Waals surface area contributed by atoms with Crippen LogP contribution in [0.4, 0.5) is 5.69 Å². The highest BCUT2D eigenvalue weighted by molar-refractivity contribution is 5.91. The number of benzene rings is 3. The molecule has 6 heteroatoms. The minimum Gasteiger partial charge on any atom is -0.489 e. The van der Waals surface area contributed by atoms with Crippen molar-refractivity contribution < 1.29 is 19.4 Å². The molecule has 0 saturated carbocycles. The van der Waals surface area contributed by atoms with Crippen LogP contribution in [0, 0.1) is 5.92 Å². The highest BCUT2D eigenvalue weighted by Crippen LogP contribution is 2.24. The van der Waals surface area contributed by atoms with E-state index in [1.54, 1.807) is 24.1 Å². The van der Waals surface area contributed by atoms with Crippen LogP contribution < -0.4 is 9.64 Å². The standard InChI is InChI=1S/C30H32N2O4/c1-31(21-25-10-5-11-27(19-25)32-17-15-26(16-18-32)30(34)35)29(33)14-13-23-9-6-12-28(20-23)36-22-24-7-3-2-4-8-24/h2-14,19-20,26H,15-18,21-22H2,1H3,(H,34,35)/b14-13+. The molecule has 3 aromatic rings. The third-order valence-electron chi connectivity index (χ3n) is 6.44. The van der Waals surface area contributed by atoms with Gasteiger partial charge in [-0.2, -0.15) is 0 Å². The molecule has 0 aromatic heterocycles. The third kappa shape index (κ3) is 6.98. The fourth-order valence-corrected chi connectivity index (χ4v) is 4.33. The Morgan fingerprint density at radius 1 is 0.972 bits per heavy atom. The first-order valence-corrected chi connectivity index (χ1v) is 12.2. The Hall–Kier alpha value is -4.06. The summed E-state index contributed by atoms with van der Waals surface area (Å²) in [4.78, 5) is 27.9. The molecule has 1 N–H and O–H groups in total. The Bertz CT molecular complexity index is 1200. The summed E-state index contributed by atoms with van der Waals surface area (Å²) in [5.74, 6) is -0.289. The number of ether oxygens (including phenoxy) is 1. The summed E-state index contributed by atoms with van der Waals surface area (Å²) in [7, 11) is 1.79. The molecule has 1 fully saturated rings. The van der Waals surface area contributed by atoms with E-state index in [4.69, 9.17) is 4.74 Å². The summed E-state index contributed by atoms with van der Waals surface area (Å²) in [5.41, 5.74) is 4.10. The van der Waals surface area contributed by atoms with E-state index < -0.39 is 5.97 Å². The Balaban J connectivity index is 1.31. The van der Waals surface area contributed by atoms with E-state index in [-0.39, 0.29) is 11.8 Å². The van der Waals surface area contributed by atoms with Crippen LogP contribution in [0.3, 0.4) is 0 Å². The van der Waals surface area contributed by atoms with Gasteiger partial charge in [0.1, 0.15) is 12.4 Å². The SMILES string of the molecule is CN(Cc1cccc(N2CCC(C(=O)O)CC2)c1)C(=O)/C=C/c1cccc(OCc2ccccc2)c1. The Morgan fingerprint density at radius 3 is 2.44 bits per heavy atom. The molecule has 0 bridgehead atoms. The average Bonchev–Trinajstić information content (AvgIpc) is 2.91. The zero-order valence-corrected chi connectivity index (χ0v) is 20.5. The lowest BCUT2D eigenvalue weighted by atomic mass is 9.96. The zero-order chi connectivity index (χ0) is 25.3. The first-order valence-electron chi connectivity index (χ1n) is 12.2. The van der Waals surface area contributed by atoms with E-state index >= 15 is 0 Å². The highest BCUT2D eigenvalue weighted by atomic mass is 16.5. The maximum Gasteiger partial charge on any atom is 0.306 e. The van der Waals surface area contributed by atoms with Gasteiger partial charge in [-0.15, -0.1) is 0 Å². The van der Waals surface area contributed by atoms with Crippen LogP contribution in [0.1, 0.15) is 29.5 Å². The second-order valence-corrected chi connectivity index (χ2v) is 9.14. The van der Waals surface area contributed by atoms with Gasteiger partial charge in [-0.05, 0) is 59.9 Å². The maximum atomic E-state index is 12.7. The number of carbonyl (C=O) groups is 2. The van der Waals surface area contributed by atoms with E-state index in [2.05, 4.69) is 11.0 Å². The number of aliphatic carboxylic acids is 1. The number of carbonyl (C=O) groups excluding carboxylic acids is 1. The van der Waals surface area contributed by atoms with Gasteiger partial charge in [-0.1, -0.05) is 54.6 Å². The van der Waals surface area contributed by atoms with Crippen molar-refractivity contribution in [2.24, 2.45) is 5.92 Å². The number of carboxylic acid groups (broad SMARTS) is 1. The number of carboxylic acids is 1. The van der Waals surface area contributed by atoms with Crippen molar-refractivity contribution in [2.45, 2.75) is 26.0 Å². The summed E-state index contributed by atoms with van der Waals surface area (Å²) < 4.78 is 5.88. The molecule has 3 aromatic carbocycles. The molecule has 1 amide bonds. The number of rotatable bonds is 9. The molecule has 1 aliphatic heterocycles. The largest absolute Gasteiger partial charge is 0.489 e. The van der Waals surface area contributed by atoms with Gasteiger partial charge in [0, 0.05) is 38.4 Å². The van der Waals surface area contributed by atoms with Crippen LogP contribution in [0.2, 0.25) is 0 Å². The van der Waals surface area contributed by atoms with Crippen LogP contribution in [0.15, 0.2) is 84.9 Å². The van der Waals surface area contributed by atoms with Gasteiger partial charge < -0.3 is 19.6 Å². The van der Waals surface area contributed by atoms with E-state index in [1.165, 1.54) is 0 Å². The van der Waals surface area contributed by atoms with Crippen LogP contribution in [-0.4, -0.2) is 42.0 Å². The Labute approximate surface area is 212 Å². The smallest absolute Gasteiger partial charge is 0.306 e. The molecule has 1 heterocycles. The molecule has 1 aliphatic rings. The second kappa shape index (κ2) is 12.1. The zero-order valence-electron chi connectivity index (χ0n) is 20.5. The lowest BCUT2D eigenvalue weighted by Crippen LogP contribution is -2.36. The Morgan fingerprint density at radius 2 is 1.69 bits per heavy atom. The van der Waals surface area contributed by atoms with E-state index in [1.807, 2.05) is 72.8 Å². The van der Waals surface area contributed by atoms with Crippen LogP contribution in [-0.2, 0) is 22.7 Å². The monoisotopic (exact) mass is 484 g/mol. The number of hydrogen-bond donors (Lipinski definition) is 1. The molecule has 36 heavy (non-hydrogen) atoms. The van der Waals surface area contributed by atoms with Gasteiger partial charge in [0.05, 0.1) is 5.92 Å². The first-order chi connectivity index (χ1) is 17.5. The lowest BCUT2D eigenvalue weighted by molar-refractivity contribution is -0.142. The third-order valence-corrected chi connectivity index (χ3v) is 6.44. The number of anilines is 1. The number of hydrogen-bond acceptors (Lipinski definition) is 4. The molecule has 0 aliphatic carbocycles. The predicted molar refractivity (Wildman–Crippen MR) is 142 cm³/mol. The molecular formula is C30H32N2O4. The normalized spacial score (nSPS) is 14.1. The van der Waals surface area contributed by atoms with Crippen molar-refractivity contribution in [3.05, 3.63) is 102 Å². The molecule has 0 unspecified atom stereocenters. The second-order valence-electron chi connectivity index (χ2n) is 9.14. The molecular weight excluding hydrogens is 452 g/mol. The van der Waals surface area contributed by atoms with Gasteiger partial charge in [0.25, 0.3) is 0 Å². The van der Waals surface area contributed by atoms with Crippen LogP contribution >= 0.6 is 0 Å². The van der Waals surface area contributed by atoms with Crippen LogP contribution in [0.5, 0.6) is 5.75 Å². The van der Waals surface area contributed by atoms with Gasteiger partial charge in [-0.3, -0.25) is 9.59 Å². The molecule has 6 nitrogen and oxygen atoms in total. The van der Waals surface area contributed by atoms with Crippen molar-refractivity contribution in [1.29, 1.82) is 0 Å². The molecule has 1 saturated heterocycles. The fourth-order valence-electron chi connectivity index (χ4n) is 4.33. The Kier molecular flexibility index (Phi) is 8.40. The quantitative estimate of drug-likeness (QED) is 0.421. The minimum atomic E-state index is -0.706. The number of amides is 1.